The minimum atomic E-state index is -0.477. The fourth-order valence-corrected chi connectivity index (χ4v) is 4.87. The van der Waals surface area contributed by atoms with E-state index in [0.717, 1.165) is 19.4 Å². The summed E-state index contributed by atoms with van der Waals surface area (Å²) in [6.45, 7) is 7.23. The highest BCUT2D eigenvalue weighted by molar-refractivity contribution is 5.75. The van der Waals surface area contributed by atoms with Crippen molar-refractivity contribution in [1.29, 1.82) is 5.26 Å². The molecule has 4 atom stereocenters. The number of hydrazine groups is 1. The zero-order chi connectivity index (χ0) is 13.2. The van der Waals surface area contributed by atoms with E-state index in [4.69, 9.17) is 0 Å². The Morgan fingerprint density at radius 3 is 2.83 bits per heavy atom. The lowest BCUT2D eigenvalue weighted by molar-refractivity contribution is -0.129. The Balaban J connectivity index is 1.99. The van der Waals surface area contributed by atoms with Gasteiger partial charge in [0.25, 0.3) is 0 Å². The maximum absolute atomic E-state index is 11.7. The molecular formula is C14H21N3O. The van der Waals surface area contributed by atoms with E-state index >= 15 is 0 Å². The molecule has 0 unspecified atom stereocenters. The lowest BCUT2D eigenvalue weighted by atomic mass is 9.66. The average molecular weight is 247 g/mol. The molecule has 0 aromatic carbocycles. The molecule has 3 aliphatic rings. The second-order valence-corrected chi connectivity index (χ2v) is 6.64. The van der Waals surface area contributed by atoms with E-state index in [2.05, 4.69) is 25.3 Å². The van der Waals surface area contributed by atoms with Gasteiger partial charge in [0.05, 0.1) is 6.07 Å². The zero-order valence-corrected chi connectivity index (χ0v) is 11.4. The van der Waals surface area contributed by atoms with Crippen molar-refractivity contribution >= 4 is 5.91 Å². The molecular weight excluding hydrogens is 226 g/mol. The lowest BCUT2D eigenvalue weighted by Crippen LogP contribution is -2.59. The Morgan fingerprint density at radius 2 is 2.28 bits per heavy atom. The van der Waals surface area contributed by atoms with Gasteiger partial charge >= 0.3 is 0 Å². The van der Waals surface area contributed by atoms with Crippen LogP contribution < -0.4 is 5.43 Å². The largest absolute Gasteiger partial charge is 0.287 e. The van der Waals surface area contributed by atoms with Crippen LogP contribution in [0.25, 0.3) is 0 Å². The summed E-state index contributed by atoms with van der Waals surface area (Å²) in [6, 6.07) is 2.56. The van der Waals surface area contributed by atoms with Crippen molar-refractivity contribution < 1.29 is 4.79 Å². The van der Waals surface area contributed by atoms with E-state index in [1.165, 1.54) is 6.42 Å². The summed E-state index contributed by atoms with van der Waals surface area (Å²) in [7, 11) is 0. The molecule has 2 aliphatic carbocycles. The van der Waals surface area contributed by atoms with E-state index in [0.29, 0.717) is 12.3 Å². The Kier molecular flexibility index (Phi) is 2.18. The topological polar surface area (TPSA) is 56.1 Å². The SMILES string of the molecule is CCC(=O)NN1C[C@@]2(C)[C@@H]3CC[C@]2(C)[C@]1(C#N)C3. The van der Waals surface area contributed by atoms with Crippen molar-refractivity contribution in [3.05, 3.63) is 0 Å². The summed E-state index contributed by atoms with van der Waals surface area (Å²) in [6.07, 6.45) is 3.74. The van der Waals surface area contributed by atoms with Gasteiger partial charge in [-0.15, -0.1) is 0 Å². The third kappa shape index (κ3) is 0.994. The second kappa shape index (κ2) is 3.27. The van der Waals surface area contributed by atoms with Crippen LogP contribution in [0, 0.1) is 28.1 Å². The number of amides is 1. The number of hydrogen-bond acceptors (Lipinski definition) is 3. The molecule has 1 heterocycles. The summed E-state index contributed by atoms with van der Waals surface area (Å²) in [4.78, 5) is 11.7. The van der Waals surface area contributed by atoms with Gasteiger partial charge in [-0.3, -0.25) is 10.2 Å². The summed E-state index contributed by atoms with van der Waals surface area (Å²) in [5, 5.41) is 11.7. The van der Waals surface area contributed by atoms with Crippen LogP contribution in [-0.2, 0) is 4.79 Å². The molecule has 1 amide bonds. The minimum absolute atomic E-state index is 0.0141. The maximum Gasteiger partial charge on any atom is 0.234 e. The van der Waals surface area contributed by atoms with Gasteiger partial charge < -0.3 is 0 Å². The quantitative estimate of drug-likeness (QED) is 0.810. The number of nitrogens with zero attached hydrogens (tertiary/aromatic N) is 2. The van der Waals surface area contributed by atoms with Crippen molar-refractivity contribution in [2.75, 3.05) is 6.54 Å². The Morgan fingerprint density at radius 1 is 1.56 bits per heavy atom. The fourth-order valence-electron chi connectivity index (χ4n) is 4.87. The summed E-state index contributed by atoms with van der Waals surface area (Å²) < 4.78 is 0. The zero-order valence-electron chi connectivity index (χ0n) is 11.4. The van der Waals surface area contributed by atoms with E-state index in [1.54, 1.807) is 0 Å². The van der Waals surface area contributed by atoms with Crippen molar-refractivity contribution in [2.24, 2.45) is 16.7 Å². The first-order valence-corrected chi connectivity index (χ1v) is 6.92. The smallest absolute Gasteiger partial charge is 0.234 e. The number of nitrogens with one attached hydrogen (secondary N) is 1. The van der Waals surface area contributed by atoms with Crippen LogP contribution in [0.2, 0.25) is 0 Å². The normalized spacial score (nSPS) is 49.3. The van der Waals surface area contributed by atoms with Crippen molar-refractivity contribution in [3.63, 3.8) is 0 Å². The van der Waals surface area contributed by atoms with Crippen LogP contribution >= 0.6 is 0 Å². The molecule has 98 valence electrons. The summed E-state index contributed by atoms with van der Waals surface area (Å²) in [5.74, 6) is 0.664. The predicted octanol–water partition coefficient (Wildman–Crippen LogP) is 1.83. The van der Waals surface area contributed by atoms with Crippen molar-refractivity contribution in [1.82, 2.24) is 10.4 Å². The highest BCUT2D eigenvalue weighted by Crippen LogP contribution is 2.75. The van der Waals surface area contributed by atoms with Gasteiger partial charge in [-0.2, -0.15) is 10.3 Å². The standard InChI is InChI=1S/C14H21N3O/c1-4-11(18)16-17-9-12(2)10-5-6-13(12,3)14(17,7-10)8-15/h10H,4-7,9H2,1-3H3,(H,16,18)/t10-,12+,13+,14-/m1/s1. The van der Waals surface area contributed by atoms with Gasteiger partial charge in [-0.1, -0.05) is 20.8 Å². The van der Waals surface area contributed by atoms with Crippen LogP contribution in [0.4, 0.5) is 0 Å². The molecule has 0 aromatic rings. The number of carbonyl (C=O) groups excluding carboxylic acids is 1. The number of piperidine rings is 1. The van der Waals surface area contributed by atoms with Gasteiger partial charge in [0.2, 0.25) is 5.91 Å². The predicted molar refractivity (Wildman–Crippen MR) is 67.0 cm³/mol. The van der Waals surface area contributed by atoms with Gasteiger partial charge in [-0.25, -0.2) is 0 Å². The van der Waals surface area contributed by atoms with E-state index in [9.17, 15) is 10.1 Å². The summed E-state index contributed by atoms with van der Waals surface area (Å²) in [5.41, 5.74) is 2.69. The number of hydrogen-bond donors (Lipinski definition) is 1. The molecule has 1 saturated heterocycles. The third-order valence-electron chi connectivity index (χ3n) is 6.32. The van der Waals surface area contributed by atoms with Crippen LogP contribution in [0.15, 0.2) is 0 Å². The Hall–Kier alpha value is -1.08. The third-order valence-corrected chi connectivity index (χ3v) is 6.32. The molecule has 3 rings (SSSR count). The van der Waals surface area contributed by atoms with Gasteiger partial charge in [0.15, 0.2) is 0 Å². The first kappa shape index (κ1) is 12.0. The number of rotatable bonds is 2. The molecule has 0 aromatic heterocycles. The second-order valence-electron chi connectivity index (χ2n) is 6.64. The number of carbonyl (C=O) groups is 1. The van der Waals surface area contributed by atoms with Crippen molar-refractivity contribution in [3.8, 4) is 6.07 Å². The van der Waals surface area contributed by atoms with Gasteiger partial charge in [0.1, 0.15) is 5.54 Å². The molecule has 2 saturated carbocycles. The first-order valence-electron chi connectivity index (χ1n) is 6.92. The molecule has 3 fully saturated rings. The summed E-state index contributed by atoms with van der Waals surface area (Å²) >= 11 is 0. The molecule has 4 bridgehead atoms. The maximum atomic E-state index is 11.7. The molecule has 18 heavy (non-hydrogen) atoms. The molecule has 0 radical (unpaired) electrons. The van der Waals surface area contributed by atoms with E-state index in [1.807, 2.05) is 11.9 Å². The molecule has 4 heteroatoms. The van der Waals surface area contributed by atoms with Crippen LogP contribution in [-0.4, -0.2) is 23.0 Å². The lowest BCUT2D eigenvalue weighted by Gasteiger charge is -2.42. The van der Waals surface area contributed by atoms with Crippen LogP contribution in [0.1, 0.15) is 46.5 Å². The number of nitriles is 1. The first-order chi connectivity index (χ1) is 8.43. The van der Waals surface area contributed by atoms with Crippen LogP contribution in [0.5, 0.6) is 0 Å². The fraction of sp³-hybridized carbons (Fsp3) is 0.857. The minimum Gasteiger partial charge on any atom is -0.287 e. The molecule has 1 N–H and O–H groups in total. The van der Waals surface area contributed by atoms with Gasteiger partial charge in [-0.05, 0) is 30.6 Å². The van der Waals surface area contributed by atoms with Crippen molar-refractivity contribution in [2.45, 2.75) is 52.0 Å². The molecule has 1 aliphatic heterocycles. The Bertz CT molecular complexity index is 456. The molecule has 0 spiro atoms. The highest BCUT2D eigenvalue weighted by Gasteiger charge is 2.78. The highest BCUT2D eigenvalue weighted by atomic mass is 16.2. The monoisotopic (exact) mass is 247 g/mol. The van der Waals surface area contributed by atoms with Gasteiger partial charge in [0, 0.05) is 18.4 Å². The van der Waals surface area contributed by atoms with E-state index in [-0.39, 0.29) is 16.7 Å². The van der Waals surface area contributed by atoms with Crippen LogP contribution in [0.3, 0.4) is 0 Å². The molecule has 4 nitrogen and oxygen atoms in total. The Labute approximate surface area is 108 Å². The average Bonchev–Trinajstić information content (AvgIpc) is 2.79. The van der Waals surface area contributed by atoms with E-state index < -0.39 is 5.54 Å².